The quantitative estimate of drug-likeness (QED) is 0.340. The molecular formula is C28H26N2O5S. The summed E-state index contributed by atoms with van der Waals surface area (Å²) in [6.45, 7) is 3.64. The molecule has 1 amide bonds. The van der Waals surface area contributed by atoms with Crippen molar-refractivity contribution in [1.29, 1.82) is 0 Å². The van der Waals surface area contributed by atoms with Gasteiger partial charge in [0.2, 0.25) is 10.0 Å². The number of methoxy groups -OCH3 is 1. The summed E-state index contributed by atoms with van der Waals surface area (Å²) in [6.07, 6.45) is 1.01. The van der Waals surface area contributed by atoms with E-state index < -0.39 is 21.9 Å². The zero-order valence-electron chi connectivity index (χ0n) is 20.4. The monoisotopic (exact) mass is 502 g/mol. The molecule has 3 aromatic carbocycles. The molecule has 0 spiro atoms. The zero-order chi connectivity index (χ0) is 26.0. The highest BCUT2D eigenvalue weighted by Gasteiger charge is 2.30. The molecule has 0 saturated carbocycles. The molecule has 4 rings (SSSR count). The Labute approximate surface area is 210 Å². The van der Waals surface area contributed by atoms with E-state index in [-0.39, 0.29) is 11.3 Å². The van der Waals surface area contributed by atoms with Gasteiger partial charge in [0.25, 0.3) is 5.91 Å². The molecule has 0 N–H and O–H groups in total. The van der Waals surface area contributed by atoms with E-state index in [1.165, 1.54) is 7.11 Å². The van der Waals surface area contributed by atoms with Gasteiger partial charge in [-0.1, -0.05) is 48.5 Å². The molecule has 0 unspecified atom stereocenters. The van der Waals surface area contributed by atoms with Crippen molar-refractivity contribution in [3.8, 4) is 16.8 Å². The maximum atomic E-state index is 13.6. The molecule has 0 atom stereocenters. The number of hydrogen-bond acceptors (Lipinski definition) is 5. The standard InChI is InChI=1S/C28H26N2O5S/c1-19-17-25(27(31)30(36(4,33)34)23-13-6-5-7-14-23)20(2)29(19)26-16-9-8-15-24(26)21-11-10-12-22(18-21)28(32)35-3/h5-18H,1-4H3. The van der Waals surface area contributed by atoms with Crippen molar-refractivity contribution < 1.29 is 22.7 Å². The van der Waals surface area contributed by atoms with Crippen molar-refractivity contribution in [1.82, 2.24) is 4.57 Å². The van der Waals surface area contributed by atoms with E-state index in [2.05, 4.69) is 0 Å². The minimum absolute atomic E-state index is 0.273. The Kier molecular flexibility index (Phi) is 6.81. The van der Waals surface area contributed by atoms with Crippen LogP contribution >= 0.6 is 0 Å². The molecular weight excluding hydrogens is 476 g/mol. The van der Waals surface area contributed by atoms with Crippen LogP contribution in [0.5, 0.6) is 0 Å². The molecule has 184 valence electrons. The number of carbonyl (C=O) groups is 2. The maximum Gasteiger partial charge on any atom is 0.337 e. The predicted octanol–water partition coefficient (Wildman–Crippen LogP) is 5.15. The number of hydrogen-bond donors (Lipinski definition) is 0. The summed E-state index contributed by atoms with van der Waals surface area (Å²) in [6, 6.07) is 24.7. The lowest BCUT2D eigenvalue weighted by Gasteiger charge is -2.21. The summed E-state index contributed by atoms with van der Waals surface area (Å²) >= 11 is 0. The van der Waals surface area contributed by atoms with Gasteiger partial charge in [0.05, 0.1) is 35.9 Å². The van der Waals surface area contributed by atoms with Crippen molar-refractivity contribution in [2.45, 2.75) is 13.8 Å². The molecule has 4 aromatic rings. The van der Waals surface area contributed by atoms with Gasteiger partial charge < -0.3 is 9.30 Å². The third kappa shape index (κ3) is 4.67. The summed E-state index contributed by atoms with van der Waals surface area (Å²) < 4.78 is 32.9. The number of nitrogens with zero attached hydrogens (tertiary/aromatic N) is 2. The lowest BCUT2D eigenvalue weighted by molar-refractivity contribution is 0.0600. The highest BCUT2D eigenvalue weighted by Crippen LogP contribution is 2.32. The summed E-state index contributed by atoms with van der Waals surface area (Å²) in [7, 11) is -2.55. The van der Waals surface area contributed by atoms with Crippen molar-refractivity contribution in [2.75, 3.05) is 17.7 Å². The number of rotatable bonds is 6. The van der Waals surface area contributed by atoms with Crippen LogP contribution in [-0.4, -0.2) is 38.2 Å². The number of aryl methyl sites for hydroxylation is 1. The second-order valence-corrected chi connectivity index (χ2v) is 10.2. The molecule has 36 heavy (non-hydrogen) atoms. The van der Waals surface area contributed by atoms with Gasteiger partial charge in [0, 0.05) is 17.0 Å². The Bertz CT molecular complexity index is 1560. The normalized spacial score (nSPS) is 11.2. The Hall–Kier alpha value is -4.17. The van der Waals surface area contributed by atoms with Crippen LogP contribution in [0, 0.1) is 13.8 Å². The second kappa shape index (κ2) is 9.83. The van der Waals surface area contributed by atoms with Crippen LogP contribution in [0.1, 0.15) is 32.1 Å². The van der Waals surface area contributed by atoms with Crippen molar-refractivity contribution in [2.24, 2.45) is 0 Å². The van der Waals surface area contributed by atoms with Gasteiger partial charge in [0.15, 0.2) is 0 Å². The fourth-order valence-corrected chi connectivity index (χ4v) is 5.23. The summed E-state index contributed by atoms with van der Waals surface area (Å²) in [5.74, 6) is -1.06. The Balaban J connectivity index is 1.85. The topological polar surface area (TPSA) is 85.7 Å². The Morgan fingerprint density at radius 2 is 1.53 bits per heavy atom. The van der Waals surface area contributed by atoms with Gasteiger partial charge in [-0.3, -0.25) is 4.79 Å². The van der Waals surface area contributed by atoms with Crippen LogP contribution in [0.25, 0.3) is 16.8 Å². The SMILES string of the molecule is COC(=O)c1cccc(-c2ccccc2-n2c(C)cc(C(=O)N(c3ccccc3)S(C)(=O)=O)c2C)c1. The van der Waals surface area contributed by atoms with E-state index in [0.29, 0.717) is 11.3 Å². The van der Waals surface area contributed by atoms with Crippen molar-refractivity contribution in [3.05, 3.63) is 107 Å². The van der Waals surface area contributed by atoms with Gasteiger partial charge in [0.1, 0.15) is 0 Å². The van der Waals surface area contributed by atoms with Gasteiger partial charge in [-0.2, -0.15) is 0 Å². The molecule has 0 aliphatic carbocycles. The summed E-state index contributed by atoms with van der Waals surface area (Å²) in [5.41, 5.74) is 4.76. The fraction of sp³-hybridized carbons (Fsp3) is 0.143. The molecule has 1 aromatic heterocycles. The van der Waals surface area contributed by atoms with Crippen LogP contribution in [0.15, 0.2) is 84.9 Å². The van der Waals surface area contributed by atoms with Crippen LogP contribution in [0.3, 0.4) is 0 Å². The highest BCUT2D eigenvalue weighted by atomic mass is 32.2. The third-order valence-electron chi connectivity index (χ3n) is 5.91. The van der Waals surface area contributed by atoms with Crippen molar-refractivity contribution in [3.63, 3.8) is 0 Å². The van der Waals surface area contributed by atoms with E-state index in [1.807, 2.05) is 41.8 Å². The first-order valence-electron chi connectivity index (χ1n) is 11.2. The first-order valence-corrected chi connectivity index (χ1v) is 13.0. The molecule has 7 nitrogen and oxygen atoms in total. The Morgan fingerprint density at radius 1 is 0.861 bits per heavy atom. The van der Waals surface area contributed by atoms with Crippen LogP contribution in [0.4, 0.5) is 5.69 Å². The molecule has 0 fully saturated rings. The van der Waals surface area contributed by atoms with Crippen LogP contribution in [0.2, 0.25) is 0 Å². The fourth-order valence-electron chi connectivity index (χ4n) is 4.33. The van der Waals surface area contributed by atoms with Gasteiger partial charge in [-0.05, 0) is 55.8 Å². The summed E-state index contributed by atoms with van der Waals surface area (Å²) in [4.78, 5) is 25.7. The first kappa shape index (κ1) is 24.9. The van der Waals surface area contributed by atoms with E-state index in [1.54, 1.807) is 61.5 Å². The molecule has 1 heterocycles. The van der Waals surface area contributed by atoms with Gasteiger partial charge in [-0.25, -0.2) is 17.5 Å². The molecule has 0 saturated heterocycles. The maximum absolute atomic E-state index is 13.6. The lowest BCUT2D eigenvalue weighted by Crippen LogP contribution is -2.36. The number of esters is 1. The number of amides is 1. The molecule has 0 radical (unpaired) electrons. The molecule has 0 bridgehead atoms. The molecule has 0 aliphatic rings. The number of anilines is 1. The van der Waals surface area contributed by atoms with Crippen molar-refractivity contribution >= 4 is 27.6 Å². The van der Waals surface area contributed by atoms with E-state index in [9.17, 15) is 18.0 Å². The largest absolute Gasteiger partial charge is 0.465 e. The Morgan fingerprint density at radius 3 is 2.19 bits per heavy atom. The summed E-state index contributed by atoms with van der Waals surface area (Å²) in [5, 5.41) is 0. The number of carbonyl (C=O) groups excluding carboxylic acids is 2. The average molecular weight is 503 g/mol. The van der Waals surface area contributed by atoms with Gasteiger partial charge >= 0.3 is 5.97 Å². The molecule has 0 aliphatic heterocycles. The third-order valence-corrected chi connectivity index (χ3v) is 6.95. The van der Waals surface area contributed by atoms with E-state index in [4.69, 9.17) is 4.74 Å². The molecule has 8 heteroatoms. The predicted molar refractivity (Wildman–Crippen MR) is 140 cm³/mol. The minimum atomic E-state index is -3.89. The number of sulfonamides is 1. The van der Waals surface area contributed by atoms with E-state index >= 15 is 0 Å². The highest BCUT2D eigenvalue weighted by molar-refractivity contribution is 7.92. The average Bonchev–Trinajstić information content (AvgIpc) is 3.17. The minimum Gasteiger partial charge on any atom is -0.465 e. The van der Waals surface area contributed by atoms with E-state index in [0.717, 1.165) is 33.1 Å². The number of aromatic nitrogens is 1. The van der Waals surface area contributed by atoms with Crippen LogP contribution in [-0.2, 0) is 14.8 Å². The second-order valence-electron chi connectivity index (χ2n) is 8.38. The van der Waals surface area contributed by atoms with Gasteiger partial charge in [-0.15, -0.1) is 0 Å². The zero-order valence-corrected chi connectivity index (χ0v) is 21.2. The number of ether oxygens (including phenoxy) is 1. The smallest absolute Gasteiger partial charge is 0.337 e. The van der Waals surface area contributed by atoms with Crippen LogP contribution < -0.4 is 4.31 Å². The number of para-hydroxylation sites is 2. The first-order chi connectivity index (χ1) is 17.1. The lowest BCUT2D eigenvalue weighted by atomic mass is 10.0. The number of benzene rings is 3.